The van der Waals surface area contributed by atoms with E-state index < -0.39 is 84.6 Å². The molecule has 0 aromatic carbocycles. The molecule has 4 amide bonds. The van der Waals surface area contributed by atoms with E-state index in [0.29, 0.717) is 0 Å². The number of carboxylic acid groups (broad SMARTS) is 3. The molecule has 11 N–H and O–H groups in total. The van der Waals surface area contributed by atoms with E-state index in [1.54, 1.807) is 0 Å². The Morgan fingerprint density at radius 3 is 1.76 bits per heavy atom. The molecule has 192 valence electrons. The number of rotatable bonds is 16. The van der Waals surface area contributed by atoms with Crippen molar-refractivity contribution in [3.8, 4) is 0 Å². The van der Waals surface area contributed by atoms with Crippen LogP contribution in [0.5, 0.6) is 0 Å². The summed E-state index contributed by atoms with van der Waals surface area (Å²) in [5.41, 5.74) is 10.5. The van der Waals surface area contributed by atoms with E-state index in [9.17, 15) is 43.8 Å². The Morgan fingerprint density at radius 2 is 1.32 bits per heavy atom. The van der Waals surface area contributed by atoms with E-state index >= 15 is 0 Å². The van der Waals surface area contributed by atoms with Crippen molar-refractivity contribution >= 4 is 41.5 Å². The van der Waals surface area contributed by atoms with Crippen molar-refractivity contribution in [1.29, 1.82) is 0 Å². The number of aliphatic hydroxyl groups is 1. The summed E-state index contributed by atoms with van der Waals surface area (Å²) in [6.45, 7) is 1.08. The third kappa shape index (κ3) is 11.7. The van der Waals surface area contributed by atoms with Crippen LogP contribution in [0.1, 0.15) is 39.0 Å². The molecule has 0 spiro atoms. The van der Waals surface area contributed by atoms with Crippen molar-refractivity contribution in [2.45, 2.75) is 69.3 Å². The van der Waals surface area contributed by atoms with Gasteiger partial charge in [-0.05, 0) is 19.8 Å². The number of aliphatic carboxylic acids is 3. The molecule has 0 saturated carbocycles. The maximum atomic E-state index is 12.6. The van der Waals surface area contributed by atoms with Gasteiger partial charge >= 0.3 is 17.9 Å². The van der Waals surface area contributed by atoms with Crippen LogP contribution in [0, 0.1) is 0 Å². The van der Waals surface area contributed by atoms with Gasteiger partial charge in [-0.2, -0.15) is 0 Å². The van der Waals surface area contributed by atoms with Gasteiger partial charge in [0.2, 0.25) is 23.6 Å². The van der Waals surface area contributed by atoms with Crippen LogP contribution in [0.3, 0.4) is 0 Å². The molecule has 0 aliphatic carbocycles. The minimum absolute atomic E-state index is 0.302. The molecule has 16 nitrogen and oxygen atoms in total. The lowest BCUT2D eigenvalue weighted by molar-refractivity contribution is -0.144. The first-order valence-corrected chi connectivity index (χ1v) is 9.95. The van der Waals surface area contributed by atoms with E-state index in [-0.39, 0.29) is 19.3 Å². The van der Waals surface area contributed by atoms with E-state index in [4.69, 9.17) is 21.7 Å². The average molecular weight is 491 g/mol. The fourth-order valence-corrected chi connectivity index (χ4v) is 2.54. The number of amides is 4. The summed E-state index contributed by atoms with van der Waals surface area (Å²) >= 11 is 0. The predicted molar refractivity (Wildman–Crippen MR) is 111 cm³/mol. The van der Waals surface area contributed by atoms with Crippen molar-refractivity contribution in [3.63, 3.8) is 0 Å². The Hall–Kier alpha value is -3.79. The second-order valence-corrected chi connectivity index (χ2v) is 7.33. The molecule has 0 rings (SSSR count). The van der Waals surface area contributed by atoms with Gasteiger partial charge in [0.15, 0.2) is 0 Å². The van der Waals surface area contributed by atoms with E-state index in [1.165, 1.54) is 0 Å². The molecule has 0 radical (unpaired) electrons. The van der Waals surface area contributed by atoms with Crippen molar-refractivity contribution in [3.05, 3.63) is 0 Å². The first-order chi connectivity index (χ1) is 15.6. The second-order valence-electron chi connectivity index (χ2n) is 7.33. The van der Waals surface area contributed by atoms with Crippen LogP contribution < -0.4 is 27.4 Å². The molecule has 0 aliphatic rings. The zero-order chi connectivity index (χ0) is 26.6. The van der Waals surface area contributed by atoms with Crippen LogP contribution >= 0.6 is 0 Å². The van der Waals surface area contributed by atoms with Gasteiger partial charge in [-0.15, -0.1) is 0 Å². The first-order valence-electron chi connectivity index (χ1n) is 9.95. The van der Waals surface area contributed by atoms with E-state index in [0.717, 1.165) is 6.92 Å². The largest absolute Gasteiger partial charge is 0.481 e. The van der Waals surface area contributed by atoms with Gasteiger partial charge < -0.3 is 47.8 Å². The minimum Gasteiger partial charge on any atom is -0.481 e. The Morgan fingerprint density at radius 1 is 0.765 bits per heavy atom. The van der Waals surface area contributed by atoms with Gasteiger partial charge in [0.25, 0.3) is 0 Å². The molecular weight excluding hydrogens is 462 g/mol. The molecule has 0 fully saturated rings. The van der Waals surface area contributed by atoms with Crippen LogP contribution in [0.15, 0.2) is 0 Å². The van der Waals surface area contributed by atoms with E-state index in [1.807, 2.05) is 16.0 Å². The number of carboxylic acids is 3. The molecule has 34 heavy (non-hydrogen) atoms. The van der Waals surface area contributed by atoms with Gasteiger partial charge in [-0.25, -0.2) is 4.79 Å². The topological polar surface area (TPSA) is 289 Å². The highest BCUT2D eigenvalue weighted by Crippen LogP contribution is 2.04. The fourth-order valence-electron chi connectivity index (χ4n) is 2.54. The number of hydrogen-bond donors (Lipinski definition) is 9. The molecule has 0 aliphatic heterocycles. The maximum absolute atomic E-state index is 12.6. The quantitative estimate of drug-likeness (QED) is 0.0993. The Bertz CT molecular complexity index is 801. The van der Waals surface area contributed by atoms with Gasteiger partial charge in [-0.1, -0.05) is 0 Å². The highest BCUT2D eigenvalue weighted by molar-refractivity contribution is 5.96. The van der Waals surface area contributed by atoms with Gasteiger partial charge in [0, 0.05) is 12.8 Å². The average Bonchev–Trinajstić information content (AvgIpc) is 2.71. The highest BCUT2D eigenvalue weighted by Gasteiger charge is 2.33. The number of carbonyl (C=O) groups excluding carboxylic acids is 4. The normalized spacial score (nSPS) is 15.0. The lowest BCUT2D eigenvalue weighted by Crippen LogP contribution is -2.60. The molecule has 5 atom stereocenters. The number of aliphatic hydroxyl groups excluding tert-OH is 1. The Balaban J connectivity index is 5.42. The monoisotopic (exact) mass is 491 g/mol. The summed E-state index contributed by atoms with van der Waals surface area (Å²) in [6.07, 6.45) is -4.05. The summed E-state index contributed by atoms with van der Waals surface area (Å²) in [4.78, 5) is 81.0. The number of nitrogens with two attached hydrogens (primary N) is 2. The third-order valence-electron chi connectivity index (χ3n) is 4.37. The summed E-state index contributed by atoms with van der Waals surface area (Å²) < 4.78 is 0. The molecule has 0 aromatic rings. The Labute approximate surface area is 193 Å². The lowest BCUT2D eigenvalue weighted by atomic mass is 10.1. The SMILES string of the molecule is CC(O)C(NC(=O)C(CC(=O)O)NC(=O)C(N)CCC(=O)O)C(=O)NC(CCC(N)=O)C(=O)O. The van der Waals surface area contributed by atoms with Crippen molar-refractivity contribution in [2.75, 3.05) is 0 Å². The lowest BCUT2D eigenvalue weighted by Gasteiger charge is -2.26. The number of hydrogen-bond acceptors (Lipinski definition) is 9. The Kier molecular flexibility index (Phi) is 12.8. The van der Waals surface area contributed by atoms with Gasteiger partial charge in [0.05, 0.1) is 18.6 Å². The fraction of sp³-hybridized carbons (Fsp3) is 0.611. The van der Waals surface area contributed by atoms with Crippen LogP contribution in [-0.4, -0.2) is 92.2 Å². The van der Waals surface area contributed by atoms with Crippen molar-refractivity contribution < 1.29 is 54.0 Å². The molecule has 5 unspecified atom stereocenters. The summed E-state index contributed by atoms with van der Waals surface area (Å²) in [6, 6.07) is -6.49. The predicted octanol–water partition coefficient (Wildman–Crippen LogP) is -4.16. The third-order valence-corrected chi connectivity index (χ3v) is 4.37. The second kappa shape index (κ2) is 14.4. The van der Waals surface area contributed by atoms with E-state index in [2.05, 4.69) is 0 Å². The standard InChI is InChI=1S/C18H29N5O11/c1-7(24)14(17(32)21-9(18(33)34)3-4-11(20)25)23-16(31)10(6-13(28)29)22-15(30)8(19)2-5-12(26)27/h7-10,14,24H,2-6,19H2,1H3,(H2,20,25)(H,21,32)(H,22,30)(H,23,31)(H,26,27)(H,28,29)(H,33,34). The molecule has 16 heteroatoms. The van der Waals surface area contributed by atoms with Crippen LogP contribution in [0.25, 0.3) is 0 Å². The summed E-state index contributed by atoms with van der Waals surface area (Å²) in [7, 11) is 0. The zero-order valence-corrected chi connectivity index (χ0v) is 18.2. The number of primary amides is 1. The smallest absolute Gasteiger partial charge is 0.326 e. The van der Waals surface area contributed by atoms with Crippen LogP contribution in [0.4, 0.5) is 0 Å². The minimum atomic E-state index is -1.77. The van der Waals surface area contributed by atoms with Gasteiger partial charge in [-0.3, -0.25) is 28.8 Å². The van der Waals surface area contributed by atoms with Gasteiger partial charge in [0.1, 0.15) is 18.1 Å². The zero-order valence-electron chi connectivity index (χ0n) is 18.2. The molecule has 0 aromatic heterocycles. The van der Waals surface area contributed by atoms with Crippen molar-refractivity contribution in [1.82, 2.24) is 16.0 Å². The molecular formula is C18H29N5O11. The number of carbonyl (C=O) groups is 7. The highest BCUT2D eigenvalue weighted by atomic mass is 16.4. The number of nitrogens with one attached hydrogen (secondary N) is 3. The molecule has 0 bridgehead atoms. The van der Waals surface area contributed by atoms with Crippen LogP contribution in [-0.2, 0) is 33.6 Å². The first kappa shape index (κ1) is 30.2. The van der Waals surface area contributed by atoms with Crippen LogP contribution in [0.2, 0.25) is 0 Å². The summed E-state index contributed by atoms with van der Waals surface area (Å²) in [5, 5.41) is 42.8. The maximum Gasteiger partial charge on any atom is 0.326 e. The van der Waals surface area contributed by atoms with Crippen molar-refractivity contribution in [2.24, 2.45) is 11.5 Å². The molecule has 0 heterocycles. The summed E-state index contributed by atoms with van der Waals surface area (Å²) in [5.74, 6) is -8.51. The molecule has 0 saturated heterocycles.